The highest BCUT2D eigenvalue weighted by atomic mass is 32.1. The molecule has 1 heterocycles. The number of amides is 1. The Morgan fingerprint density at radius 1 is 1.53 bits per heavy atom. The number of fused-ring (bicyclic) bond motifs is 1. The van der Waals surface area contributed by atoms with E-state index in [0.29, 0.717) is 17.9 Å². The molecule has 2 N–H and O–H groups in total. The zero-order chi connectivity index (χ0) is 12.4. The molecule has 0 saturated heterocycles. The van der Waals surface area contributed by atoms with Crippen LogP contribution in [0.3, 0.4) is 0 Å². The zero-order valence-corrected chi connectivity index (χ0v) is 10.7. The van der Waals surface area contributed by atoms with Crippen molar-refractivity contribution >= 4 is 29.2 Å². The zero-order valence-electron chi connectivity index (χ0n) is 9.91. The molecule has 0 unspecified atom stereocenters. The first-order chi connectivity index (χ1) is 8.09. The summed E-state index contributed by atoms with van der Waals surface area (Å²) in [6.45, 7) is 4.83. The average Bonchev–Trinajstić information content (AvgIpc) is 2.57. The predicted octanol–water partition coefficient (Wildman–Crippen LogP) is 2.14. The largest absolute Gasteiger partial charge is 0.355 e. The van der Waals surface area contributed by atoms with Gasteiger partial charge in [0.05, 0.1) is 11.0 Å². The number of imidazole rings is 1. The number of nitrogens with zero attached hydrogens (tertiary/aromatic N) is 1. The molecule has 17 heavy (non-hydrogen) atoms. The van der Waals surface area contributed by atoms with Crippen LogP contribution in [0.25, 0.3) is 11.0 Å². The number of aromatic nitrogens is 2. The quantitative estimate of drug-likeness (QED) is 0.819. The lowest BCUT2D eigenvalue weighted by Gasteiger charge is -2.05. The SMILES string of the molecule is CC(=O)NCCn1c(=S)[nH]c2c(C)cccc21. The fourth-order valence-corrected chi connectivity index (χ4v) is 2.18. The Bertz CT molecular complexity index is 612. The number of aromatic amines is 1. The third-order valence-electron chi connectivity index (χ3n) is 2.73. The molecule has 4 nitrogen and oxygen atoms in total. The van der Waals surface area contributed by atoms with E-state index >= 15 is 0 Å². The van der Waals surface area contributed by atoms with Crippen molar-refractivity contribution in [3.8, 4) is 0 Å². The van der Waals surface area contributed by atoms with E-state index in [9.17, 15) is 4.79 Å². The van der Waals surface area contributed by atoms with Crippen molar-refractivity contribution in [3.63, 3.8) is 0 Å². The molecular weight excluding hydrogens is 234 g/mol. The summed E-state index contributed by atoms with van der Waals surface area (Å²) in [6, 6.07) is 6.09. The van der Waals surface area contributed by atoms with Crippen molar-refractivity contribution in [1.82, 2.24) is 14.9 Å². The van der Waals surface area contributed by atoms with Gasteiger partial charge in [-0.1, -0.05) is 12.1 Å². The molecule has 0 saturated carbocycles. The molecule has 1 aromatic carbocycles. The van der Waals surface area contributed by atoms with Crippen LogP contribution in [0.4, 0.5) is 0 Å². The van der Waals surface area contributed by atoms with E-state index in [2.05, 4.69) is 10.3 Å². The summed E-state index contributed by atoms with van der Waals surface area (Å²) in [5, 5.41) is 2.77. The van der Waals surface area contributed by atoms with Crippen LogP contribution in [0.5, 0.6) is 0 Å². The first-order valence-electron chi connectivity index (χ1n) is 5.52. The molecule has 0 aliphatic rings. The van der Waals surface area contributed by atoms with Crippen LogP contribution >= 0.6 is 12.2 Å². The van der Waals surface area contributed by atoms with Gasteiger partial charge >= 0.3 is 0 Å². The monoisotopic (exact) mass is 249 g/mol. The van der Waals surface area contributed by atoms with E-state index in [1.54, 1.807) is 0 Å². The highest BCUT2D eigenvalue weighted by Crippen LogP contribution is 2.17. The molecule has 0 aliphatic heterocycles. The van der Waals surface area contributed by atoms with Crippen molar-refractivity contribution < 1.29 is 4.79 Å². The number of rotatable bonds is 3. The molecule has 0 spiro atoms. The van der Waals surface area contributed by atoms with Gasteiger partial charge in [-0.25, -0.2) is 0 Å². The summed E-state index contributed by atoms with van der Waals surface area (Å²) in [6.07, 6.45) is 0. The van der Waals surface area contributed by atoms with Crippen LogP contribution in [0.2, 0.25) is 0 Å². The van der Waals surface area contributed by atoms with Crippen LogP contribution in [-0.2, 0) is 11.3 Å². The molecule has 0 radical (unpaired) electrons. The summed E-state index contributed by atoms with van der Waals surface area (Å²) in [7, 11) is 0. The first kappa shape index (κ1) is 11.9. The second-order valence-electron chi connectivity index (χ2n) is 4.03. The molecule has 0 fully saturated rings. The topological polar surface area (TPSA) is 49.8 Å². The maximum Gasteiger partial charge on any atom is 0.216 e. The number of carbonyl (C=O) groups is 1. The van der Waals surface area contributed by atoms with Crippen molar-refractivity contribution in [1.29, 1.82) is 0 Å². The molecule has 0 atom stereocenters. The summed E-state index contributed by atoms with van der Waals surface area (Å²) in [5.74, 6) is -0.0208. The lowest BCUT2D eigenvalue weighted by atomic mass is 10.2. The van der Waals surface area contributed by atoms with Crippen LogP contribution < -0.4 is 5.32 Å². The van der Waals surface area contributed by atoms with Crippen LogP contribution in [0.1, 0.15) is 12.5 Å². The third kappa shape index (κ3) is 2.39. The van der Waals surface area contributed by atoms with E-state index < -0.39 is 0 Å². The van der Waals surface area contributed by atoms with E-state index in [1.807, 2.05) is 29.7 Å². The minimum atomic E-state index is -0.0208. The van der Waals surface area contributed by atoms with E-state index in [-0.39, 0.29) is 5.91 Å². The number of hydrogen-bond acceptors (Lipinski definition) is 2. The van der Waals surface area contributed by atoms with Gasteiger partial charge in [-0.3, -0.25) is 4.79 Å². The molecule has 2 aromatic rings. The molecule has 1 aromatic heterocycles. The lowest BCUT2D eigenvalue weighted by Crippen LogP contribution is -2.24. The van der Waals surface area contributed by atoms with E-state index in [0.717, 1.165) is 11.0 Å². The van der Waals surface area contributed by atoms with Gasteiger partial charge in [-0.2, -0.15) is 0 Å². The predicted molar refractivity (Wildman–Crippen MR) is 70.5 cm³/mol. The first-order valence-corrected chi connectivity index (χ1v) is 5.93. The smallest absolute Gasteiger partial charge is 0.216 e. The molecule has 1 amide bonds. The standard InChI is InChI=1S/C12H15N3OS/c1-8-4-3-5-10-11(8)14-12(17)15(10)7-6-13-9(2)16/h3-5H,6-7H2,1-2H3,(H,13,16)(H,14,17). The summed E-state index contributed by atoms with van der Waals surface area (Å²) in [5.41, 5.74) is 3.33. The minimum Gasteiger partial charge on any atom is -0.355 e. The van der Waals surface area contributed by atoms with Gasteiger partial charge in [0.15, 0.2) is 4.77 Å². The lowest BCUT2D eigenvalue weighted by molar-refractivity contribution is -0.118. The van der Waals surface area contributed by atoms with Gasteiger partial charge in [-0.05, 0) is 30.8 Å². The molecular formula is C12H15N3OS. The number of aryl methyl sites for hydroxylation is 1. The van der Waals surface area contributed by atoms with E-state index in [1.165, 1.54) is 12.5 Å². The Kier molecular flexibility index (Phi) is 3.28. The Labute approximate surface area is 105 Å². The number of nitrogens with one attached hydrogen (secondary N) is 2. The van der Waals surface area contributed by atoms with E-state index in [4.69, 9.17) is 12.2 Å². The number of H-pyrrole nitrogens is 1. The second kappa shape index (κ2) is 4.71. The summed E-state index contributed by atoms with van der Waals surface area (Å²) in [4.78, 5) is 14.0. The maximum atomic E-state index is 10.8. The van der Waals surface area contributed by atoms with Crippen molar-refractivity contribution in [2.45, 2.75) is 20.4 Å². The maximum absolute atomic E-state index is 10.8. The number of carbonyl (C=O) groups excluding carboxylic acids is 1. The van der Waals surface area contributed by atoms with Crippen LogP contribution in [-0.4, -0.2) is 22.0 Å². The molecule has 0 bridgehead atoms. The van der Waals surface area contributed by atoms with Gasteiger partial charge in [0.2, 0.25) is 5.91 Å². The van der Waals surface area contributed by atoms with Crippen molar-refractivity contribution in [2.75, 3.05) is 6.54 Å². The minimum absolute atomic E-state index is 0.0208. The fraction of sp³-hybridized carbons (Fsp3) is 0.333. The fourth-order valence-electron chi connectivity index (χ4n) is 1.89. The van der Waals surface area contributed by atoms with Gasteiger partial charge in [0.25, 0.3) is 0 Å². The van der Waals surface area contributed by atoms with Crippen molar-refractivity contribution in [3.05, 3.63) is 28.5 Å². The highest BCUT2D eigenvalue weighted by Gasteiger charge is 2.05. The Morgan fingerprint density at radius 3 is 3.00 bits per heavy atom. The molecule has 0 aliphatic carbocycles. The highest BCUT2D eigenvalue weighted by molar-refractivity contribution is 7.71. The average molecular weight is 249 g/mol. The second-order valence-corrected chi connectivity index (χ2v) is 4.42. The van der Waals surface area contributed by atoms with Crippen molar-refractivity contribution in [2.24, 2.45) is 0 Å². The number of para-hydroxylation sites is 1. The Balaban J connectivity index is 2.34. The molecule has 5 heteroatoms. The van der Waals surface area contributed by atoms with Gasteiger partial charge in [0, 0.05) is 20.0 Å². The van der Waals surface area contributed by atoms with Crippen LogP contribution in [0, 0.1) is 11.7 Å². The summed E-state index contributed by atoms with van der Waals surface area (Å²) < 4.78 is 2.70. The normalized spacial score (nSPS) is 10.7. The van der Waals surface area contributed by atoms with Crippen LogP contribution in [0.15, 0.2) is 18.2 Å². The third-order valence-corrected chi connectivity index (χ3v) is 3.05. The number of hydrogen-bond donors (Lipinski definition) is 2. The molecule has 90 valence electrons. The molecule has 2 rings (SSSR count). The van der Waals surface area contributed by atoms with Gasteiger partial charge in [-0.15, -0.1) is 0 Å². The van der Waals surface area contributed by atoms with Gasteiger partial charge < -0.3 is 14.9 Å². The Hall–Kier alpha value is -1.62. The summed E-state index contributed by atoms with van der Waals surface area (Å²) >= 11 is 5.29. The van der Waals surface area contributed by atoms with Gasteiger partial charge in [0.1, 0.15) is 0 Å². The Morgan fingerprint density at radius 2 is 2.29 bits per heavy atom. The number of benzene rings is 1.